The summed E-state index contributed by atoms with van der Waals surface area (Å²) in [6.07, 6.45) is 2.04. The van der Waals surface area contributed by atoms with Gasteiger partial charge in [0.1, 0.15) is 5.75 Å². The smallest absolute Gasteiger partial charge is 0.243 e. The Labute approximate surface area is 131 Å². The van der Waals surface area contributed by atoms with Crippen LogP contribution in [0.2, 0.25) is 0 Å². The summed E-state index contributed by atoms with van der Waals surface area (Å²) in [7, 11) is -1.78. The molecule has 0 radical (unpaired) electrons. The molecule has 1 aliphatic heterocycles. The molecule has 1 aliphatic rings. The molecule has 1 heterocycles. The molecule has 0 saturated carbocycles. The van der Waals surface area contributed by atoms with Gasteiger partial charge in [-0.3, -0.25) is 0 Å². The van der Waals surface area contributed by atoms with Crippen molar-refractivity contribution in [3.8, 4) is 5.75 Å². The van der Waals surface area contributed by atoms with Gasteiger partial charge in [0.25, 0.3) is 0 Å². The lowest BCUT2D eigenvalue weighted by atomic mass is 10.0. The minimum atomic E-state index is -3.40. The number of ether oxygens (including phenoxy) is 1. The van der Waals surface area contributed by atoms with Crippen molar-refractivity contribution in [2.75, 3.05) is 20.2 Å². The van der Waals surface area contributed by atoms with Crippen LogP contribution in [0.1, 0.15) is 19.8 Å². The highest BCUT2D eigenvalue weighted by molar-refractivity contribution is 7.89. The predicted molar refractivity (Wildman–Crippen MR) is 87.7 cm³/mol. The third-order valence-corrected chi connectivity index (χ3v) is 6.14. The van der Waals surface area contributed by atoms with Crippen LogP contribution >= 0.6 is 0 Å². The van der Waals surface area contributed by atoms with Crippen molar-refractivity contribution in [1.29, 1.82) is 0 Å². The quantitative estimate of drug-likeness (QED) is 0.872. The first kappa shape index (κ1) is 15.3. The molecule has 0 aliphatic carbocycles. The second-order valence-electron chi connectivity index (χ2n) is 5.99. The Bertz CT molecular complexity index is 786. The number of piperidine rings is 1. The molecule has 22 heavy (non-hydrogen) atoms. The van der Waals surface area contributed by atoms with Gasteiger partial charge in [0.05, 0.1) is 12.0 Å². The second kappa shape index (κ2) is 5.89. The minimum absolute atomic E-state index is 0.374. The summed E-state index contributed by atoms with van der Waals surface area (Å²) in [5.74, 6) is 1.20. The van der Waals surface area contributed by atoms with Gasteiger partial charge in [0.2, 0.25) is 10.0 Å². The fourth-order valence-electron chi connectivity index (χ4n) is 3.00. The van der Waals surface area contributed by atoms with Gasteiger partial charge >= 0.3 is 0 Å². The van der Waals surface area contributed by atoms with Crippen LogP contribution in [0.15, 0.2) is 41.3 Å². The molecule has 5 heteroatoms. The van der Waals surface area contributed by atoms with E-state index in [9.17, 15) is 8.42 Å². The Morgan fingerprint density at radius 3 is 2.59 bits per heavy atom. The monoisotopic (exact) mass is 319 g/mol. The van der Waals surface area contributed by atoms with Crippen molar-refractivity contribution in [3.05, 3.63) is 36.4 Å². The number of rotatable bonds is 3. The molecule has 0 unspecified atom stereocenters. The van der Waals surface area contributed by atoms with E-state index in [0.29, 0.717) is 23.9 Å². The molecule has 0 amide bonds. The fourth-order valence-corrected chi connectivity index (χ4v) is 4.64. The highest BCUT2D eigenvalue weighted by atomic mass is 32.2. The first-order chi connectivity index (χ1) is 10.5. The van der Waals surface area contributed by atoms with Crippen molar-refractivity contribution in [2.45, 2.75) is 24.7 Å². The molecule has 0 bridgehead atoms. The van der Waals surface area contributed by atoms with Crippen molar-refractivity contribution >= 4 is 20.8 Å². The van der Waals surface area contributed by atoms with Crippen LogP contribution in [0.5, 0.6) is 5.75 Å². The summed E-state index contributed by atoms with van der Waals surface area (Å²) in [4.78, 5) is 0.374. The molecular formula is C17H21NO3S. The maximum atomic E-state index is 12.8. The fraction of sp³-hybridized carbons (Fsp3) is 0.412. The highest BCUT2D eigenvalue weighted by Gasteiger charge is 2.28. The van der Waals surface area contributed by atoms with Crippen LogP contribution in [-0.4, -0.2) is 32.9 Å². The van der Waals surface area contributed by atoms with Gasteiger partial charge in [-0.25, -0.2) is 8.42 Å². The summed E-state index contributed by atoms with van der Waals surface area (Å²) in [6, 6.07) is 10.9. The first-order valence-electron chi connectivity index (χ1n) is 7.58. The van der Waals surface area contributed by atoms with E-state index >= 15 is 0 Å². The number of sulfonamides is 1. The third kappa shape index (κ3) is 2.83. The zero-order valence-corrected chi connectivity index (χ0v) is 13.8. The van der Waals surface area contributed by atoms with Crippen molar-refractivity contribution in [1.82, 2.24) is 4.31 Å². The average Bonchev–Trinajstić information content (AvgIpc) is 2.53. The molecule has 118 valence electrons. The molecule has 1 fully saturated rings. The van der Waals surface area contributed by atoms with E-state index in [0.717, 1.165) is 29.4 Å². The zero-order chi connectivity index (χ0) is 15.7. The Balaban J connectivity index is 1.98. The molecular weight excluding hydrogens is 298 g/mol. The van der Waals surface area contributed by atoms with Gasteiger partial charge in [-0.2, -0.15) is 4.31 Å². The lowest BCUT2D eigenvalue weighted by molar-refractivity contribution is 0.281. The lowest BCUT2D eigenvalue weighted by Gasteiger charge is -2.30. The molecule has 2 aromatic rings. The maximum absolute atomic E-state index is 12.8. The van der Waals surface area contributed by atoms with Gasteiger partial charge in [0, 0.05) is 13.1 Å². The summed E-state index contributed by atoms with van der Waals surface area (Å²) < 4.78 is 32.4. The van der Waals surface area contributed by atoms with E-state index in [4.69, 9.17) is 4.74 Å². The summed E-state index contributed by atoms with van der Waals surface area (Å²) >= 11 is 0. The third-order valence-electron chi connectivity index (χ3n) is 4.28. The number of methoxy groups -OCH3 is 1. The predicted octanol–water partition coefficient (Wildman–Crippen LogP) is 3.27. The summed E-state index contributed by atoms with van der Waals surface area (Å²) in [5, 5.41) is 1.89. The molecule has 3 rings (SSSR count). The van der Waals surface area contributed by atoms with Gasteiger partial charge < -0.3 is 4.74 Å². The van der Waals surface area contributed by atoms with Crippen LogP contribution < -0.4 is 4.74 Å². The van der Waals surface area contributed by atoms with Crippen LogP contribution in [0, 0.1) is 5.92 Å². The van der Waals surface area contributed by atoms with Gasteiger partial charge in [0.15, 0.2) is 0 Å². The second-order valence-corrected chi connectivity index (χ2v) is 7.92. The Morgan fingerprint density at radius 2 is 1.86 bits per heavy atom. The highest BCUT2D eigenvalue weighted by Crippen LogP contribution is 2.27. The number of hydrogen-bond donors (Lipinski definition) is 0. The summed E-state index contributed by atoms with van der Waals surface area (Å²) in [6.45, 7) is 3.34. The molecule has 1 atom stereocenters. The zero-order valence-electron chi connectivity index (χ0n) is 13.0. The number of hydrogen-bond acceptors (Lipinski definition) is 3. The standard InChI is InChI=1S/C17H21NO3S/c1-13-4-3-9-18(12-13)22(19,20)17-8-6-14-10-16(21-2)7-5-15(14)11-17/h5-8,10-11,13H,3-4,9,12H2,1-2H3/t13-/m1/s1. The average molecular weight is 319 g/mol. The van der Waals surface area contributed by atoms with E-state index in [-0.39, 0.29) is 0 Å². The van der Waals surface area contributed by atoms with Crippen LogP contribution in [0.4, 0.5) is 0 Å². The van der Waals surface area contributed by atoms with Crippen molar-refractivity contribution in [2.24, 2.45) is 5.92 Å². The Hall–Kier alpha value is -1.59. The molecule has 0 aromatic heterocycles. The number of nitrogens with zero attached hydrogens (tertiary/aromatic N) is 1. The maximum Gasteiger partial charge on any atom is 0.243 e. The van der Waals surface area contributed by atoms with E-state index in [1.807, 2.05) is 24.3 Å². The molecule has 4 nitrogen and oxygen atoms in total. The van der Waals surface area contributed by atoms with Gasteiger partial charge in [-0.15, -0.1) is 0 Å². The summed E-state index contributed by atoms with van der Waals surface area (Å²) in [5.41, 5.74) is 0. The molecule has 1 saturated heterocycles. The molecule has 0 N–H and O–H groups in total. The van der Waals surface area contributed by atoms with Crippen molar-refractivity contribution in [3.63, 3.8) is 0 Å². The Kier molecular flexibility index (Phi) is 4.10. The largest absolute Gasteiger partial charge is 0.497 e. The van der Waals surface area contributed by atoms with E-state index in [1.165, 1.54) is 0 Å². The van der Waals surface area contributed by atoms with Gasteiger partial charge in [-0.05, 0) is 53.8 Å². The lowest BCUT2D eigenvalue weighted by Crippen LogP contribution is -2.39. The van der Waals surface area contributed by atoms with Crippen LogP contribution in [0.3, 0.4) is 0 Å². The Morgan fingerprint density at radius 1 is 1.14 bits per heavy atom. The number of fused-ring (bicyclic) bond motifs is 1. The van der Waals surface area contributed by atoms with Crippen LogP contribution in [-0.2, 0) is 10.0 Å². The van der Waals surface area contributed by atoms with E-state index in [1.54, 1.807) is 23.5 Å². The molecule has 2 aromatic carbocycles. The molecule has 0 spiro atoms. The normalized spacial score (nSPS) is 20.2. The topological polar surface area (TPSA) is 46.6 Å². The number of benzene rings is 2. The first-order valence-corrected chi connectivity index (χ1v) is 9.02. The SMILES string of the molecule is COc1ccc2cc(S(=O)(=O)N3CCC[C@@H](C)C3)ccc2c1. The van der Waals surface area contributed by atoms with Gasteiger partial charge in [-0.1, -0.05) is 19.1 Å². The van der Waals surface area contributed by atoms with Crippen molar-refractivity contribution < 1.29 is 13.2 Å². The van der Waals surface area contributed by atoms with Crippen LogP contribution in [0.25, 0.3) is 10.8 Å². The van der Waals surface area contributed by atoms with E-state index < -0.39 is 10.0 Å². The minimum Gasteiger partial charge on any atom is -0.497 e. The van der Waals surface area contributed by atoms with E-state index in [2.05, 4.69) is 6.92 Å².